The van der Waals surface area contributed by atoms with Gasteiger partial charge in [0.25, 0.3) is 11.8 Å². The molecule has 3 rings (SSSR count). The van der Waals surface area contributed by atoms with Gasteiger partial charge in [-0.1, -0.05) is 17.7 Å². The van der Waals surface area contributed by atoms with Crippen molar-refractivity contribution in [1.29, 1.82) is 0 Å². The summed E-state index contributed by atoms with van der Waals surface area (Å²) < 4.78 is 53.7. The summed E-state index contributed by atoms with van der Waals surface area (Å²) in [5.41, 5.74) is -0.849. The van der Waals surface area contributed by atoms with Gasteiger partial charge in [-0.2, -0.15) is 13.2 Å². The van der Waals surface area contributed by atoms with Gasteiger partial charge in [0.15, 0.2) is 12.4 Å². The average Bonchev–Trinajstić information content (AvgIpc) is 3.29. The predicted octanol–water partition coefficient (Wildman–Crippen LogP) is 4.76. The molecule has 0 aliphatic rings. The molecular formula is C17H10ClF3N2O4. The van der Waals surface area contributed by atoms with Crippen LogP contribution in [0.25, 0.3) is 17.7 Å². The van der Waals surface area contributed by atoms with Gasteiger partial charge in [0.2, 0.25) is 0 Å². The fourth-order valence-corrected chi connectivity index (χ4v) is 2.25. The molecule has 2 heterocycles. The lowest BCUT2D eigenvalue weighted by atomic mass is 10.1. The van der Waals surface area contributed by atoms with E-state index in [-0.39, 0.29) is 24.0 Å². The summed E-state index contributed by atoms with van der Waals surface area (Å²) in [5, 5.41) is 7.00. The van der Waals surface area contributed by atoms with E-state index in [0.717, 1.165) is 18.2 Å². The van der Waals surface area contributed by atoms with Crippen molar-refractivity contribution in [2.45, 2.75) is 12.8 Å². The van der Waals surface area contributed by atoms with Gasteiger partial charge in [-0.15, -0.1) is 10.2 Å². The highest BCUT2D eigenvalue weighted by atomic mass is 35.5. The maximum atomic E-state index is 12.8. The highest BCUT2D eigenvalue weighted by molar-refractivity contribution is 6.31. The van der Waals surface area contributed by atoms with Crippen LogP contribution in [0.1, 0.15) is 17.0 Å². The van der Waals surface area contributed by atoms with Crippen molar-refractivity contribution in [3.8, 4) is 11.7 Å². The van der Waals surface area contributed by atoms with Gasteiger partial charge in [-0.3, -0.25) is 0 Å². The quantitative estimate of drug-likeness (QED) is 0.455. The molecule has 0 unspecified atom stereocenters. The number of nitrogens with zero attached hydrogens (tertiary/aromatic N) is 2. The van der Waals surface area contributed by atoms with Crippen molar-refractivity contribution in [1.82, 2.24) is 10.2 Å². The molecule has 3 aromatic rings. The first kappa shape index (κ1) is 18.7. The maximum Gasteiger partial charge on any atom is 0.417 e. The first-order chi connectivity index (χ1) is 12.8. The zero-order valence-corrected chi connectivity index (χ0v) is 14.1. The normalized spacial score (nSPS) is 11.9. The third-order valence-electron chi connectivity index (χ3n) is 3.24. The van der Waals surface area contributed by atoms with Crippen LogP contribution in [-0.2, 0) is 22.3 Å². The molecule has 1 aromatic carbocycles. The second kappa shape index (κ2) is 7.67. The number of furan rings is 1. The van der Waals surface area contributed by atoms with Gasteiger partial charge in [0, 0.05) is 6.08 Å². The lowest BCUT2D eigenvalue weighted by molar-refractivity contribution is -0.139. The summed E-state index contributed by atoms with van der Waals surface area (Å²) in [6.45, 7) is -0.300. The molecule has 27 heavy (non-hydrogen) atoms. The van der Waals surface area contributed by atoms with E-state index < -0.39 is 22.7 Å². The Morgan fingerprint density at radius 2 is 2.07 bits per heavy atom. The van der Waals surface area contributed by atoms with Gasteiger partial charge in [0.05, 0.1) is 16.8 Å². The molecule has 0 N–H and O–H groups in total. The zero-order chi connectivity index (χ0) is 19.4. The molecular weight excluding hydrogens is 389 g/mol. The van der Waals surface area contributed by atoms with Crippen molar-refractivity contribution in [3.05, 3.63) is 64.7 Å². The Morgan fingerprint density at radius 1 is 1.26 bits per heavy atom. The van der Waals surface area contributed by atoms with Crippen LogP contribution in [0.4, 0.5) is 13.2 Å². The highest BCUT2D eigenvalue weighted by Crippen LogP contribution is 2.35. The second-order valence-electron chi connectivity index (χ2n) is 5.16. The van der Waals surface area contributed by atoms with Gasteiger partial charge in [-0.05, 0) is 35.9 Å². The summed E-state index contributed by atoms with van der Waals surface area (Å²) >= 11 is 5.53. The molecule has 0 saturated carbocycles. The number of rotatable bonds is 5. The minimum Gasteiger partial charge on any atom is -0.459 e. The topological polar surface area (TPSA) is 78.4 Å². The van der Waals surface area contributed by atoms with E-state index in [2.05, 4.69) is 10.2 Å². The van der Waals surface area contributed by atoms with Gasteiger partial charge < -0.3 is 13.6 Å². The Kier molecular flexibility index (Phi) is 5.31. The standard InChI is InChI=1S/C17H10ClF3N2O4/c18-12-5-3-10(8-11(12)17(19,20)21)4-6-15(24)26-9-14-22-23-16(27-14)13-2-1-7-25-13/h1-8H,9H2/b6-4+. The monoisotopic (exact) mass is 398 g/mol. The molecule has 6 nitrogen and oxygen atoms in total. The first-order valence-corrected chi connectivity index (χ1v) is 7.78. The Morgan fingerprint density at radius 3 is 2.78 bits per heavy atom. The number of esters is 1. The lowest BCUT2D eigenvalue weighted by Gasteiger charge is -2.09. The van der Waals surface area contributed by atoms with E-state index in [9.17, 15) is 18.0 Å². The van der Waals surface area contributed by atoms with Crippen LogP contribution >= 0.6 is 11.6 Å². The fourth-order valence-electron chi connectivity index (χ4n) is 2.02. The molecule has 0 amide bonds. The average molecular weight is 399 g/mol. The molecule has 140 valence electrons. The molecule has 0 saturated heterocycles. The van der Waals surface area contributed by atoms with Crippen LogP contribution in [0.5, 0.6) is 0 Å². The molecule has 0 aliphatic heterocycles. The molecule has 2 aromatic heterocycles. The van der Waals surface area contributed by atoms with Gasteiger partial charge >= 0.3 is 12.1 Å². The van der Waals surface area contributed by atoms with Crippen LogP contribution in [0.3, 0.4) is 0 Å². The van der Waals surface area contributed by atoms with Crippen molar-refractivity contribution in [3.63, 3.8) is 0 Å². The van der Waals surface area contributed by atoms with Crippen LogP contribution < -0.4 is 0 Å². The van der Waals surface area contributed by atoms with Crippen LogP contribution in [0.2, 0.25) is 5.02 Å². The molecule has 0 atom stereocenters. The number of ether oxygens (including phenoxy) is 1. The van der Waals surface area contributed by atoms with E-state index in [1.54, 1.807) is 12.1 Å². The molecule has 0 spiro atoms. The van der Waals surface area contributed by atoms with Crippen molar-refractivity contribution >= 4 is 23.6 Å². The van der Waals surface area contributed by atoms with Crippen LogP contribution in [0.15, 0.2) is 51.5 Å². The number of carbonyl (C=O) groups excluding carboxylic acids is 1. The summed E-state index contributed by atoms with van der Waals surface area (Å²) in [5.74, 6) is -0.268. The summed E-state index contributed by atoms with van der Waals surface area (Å²) in [4.78, 5) is 11.7. The number of hydrogen-bond acceptors (Lipinski definition) is 6. The third-order valence-corrected chi connectivity index (χ3v) is 3.57. The van der Waals surface area contributed by atoms with Crippen LogP contribution in [-0.4, -0.2) is 16.2 Å². The fraction of sp³-hybridized carbons (Fsp3) is 0.118. The predicted molar refractivity (Wildman–Crippen MR) is 87.3 cm³/mol. The molecule has 0 radical (unpaired) electrons. The Balaban J connectivity index is 1.60. The summed E-state index contributed by atoms with van der Waals surface area (Å²) in [6.07, 6.45) is -1.00. The Bertz CT molecular complexity index is 965. The van der Waals surface area contributed by atoms with E-state index in [4.69, 9.17) is 25.2 Å². The lowest BCUT2D eigenvalue weighted by Crippen LogP contribution is -2.06. The van der Waals surface area contributed by atoms with Crippen molar-refractivity contribution in [2.75, 3.05) is 0 Å². The number of carbonyl (C=O) groups is 1. The van der Waals surface area contributed by atoms with Crippen molar-refractivity contribution in [2.24, 2.45) is 0 Å². The second-order valence-corrected chi connectivity index (χ2v) is 5.56. The smallest absolute Gasteiger partial charge is 0.417 e. The van der Waals surface area contributed by atoms with E-state index in [1.807, 2.05) is 0 Å². The SMILES string of the molecule is O=C(/C=C/c1ccc(Cl)c(C(F)(F)F)c1)OCc1nnc(-c2ccco2)o1. The largest absolute Gasteiger partial charge is 0.459 e. The van der Waals surface area contributed by atoms with Crippen LogP contribution in [0, 0.1) is 0 Å². The first-order valence-electron chi connectivity index (χ1n) is 7.41. The Hall–Kier alpha value is -3.07. The minimum atomic E-state index is -4.59. The number of hydrogen-bond donors (Lipinski definition) is 0. The number of halogens is 4. The van der Waals surface area contributed by atoms with E-state index in [0.29, 0.717) is 5.76 Å². The van der Waals surface area contributed by atoms with E-state index in [1.165, 1.54) is 18.4 Å². The Labute approximate surface area is 155 Å². The third kappa shape index (κ3) is 4.76. The van der Waals surface area contributed by atoms with Gasteiger partial charge in [-0.25, -0.2) is 4.79 Å². The summed E-state index contributed by atoms with van der Waals surface area (Å²) in [7, 11) is 0. The van der Waals surface area contributed by atoms with Gasteiger partial charge in [0.1, 0.15) is 0 Å². The molecule has 0 fully saturated rings. The summed E-state index contributed by atoms with van der Waals surface area (Å²) in [6, 6.07) is 6.54. The number of aromatic nitrogens is 2. The highest BCUT2D eigenvalue weighted by Gasteiger charge is 2.33. The zero-order valence-electron chi connectivity index (χ0n) is 13.4. The van der Waals surface area contributed by atoms with Crippen molar-refractivity contribution < 1.29 is 31.5 Å². The molecule has 10 heteroatoms. The minimum absolute atomic E-state index is 0.0361. The van der Waals surface area contributed by atoms with E-state index >= 15 is 0 Å². The molecule has 0 aliphatic carbocycles. The molecule has 0 bridgehead atoms. The number of benzene rings is 1. The maximum absolute atomic E-state index is 12.8. The number of alkyl halides is 3.